The molecule has 3 nitrogen and oxygen atoms in total. The zero-order valence-corrected chi connectivity index (χ0v) is 11.1. The molecular weight excluding hydrogens is 280 g/mol. The molecule has 0 aromatic heterocycles. The van der Waals surface area contributed by atoms with Crippen LogP contribution >= 0.6 is 15.9 Å². The van der Waals surface area contributed by atoms with E-state index >= 15 is 0 Å². The first-order chi connectivity index (χ1) is 8.33. The number of aliphatic imine (C=N–C) groups is 1. The number of nitrogens with one attached hydrogen (secondary N) is 1. The Morgan fingerprint density at radius 3 is 3.12 bits per heavy atom. The van der Waals surface area contributed by atoms with E-state index < -0.39 is 0 Å². The zero-order chi connectivity index (χ0) is 11.7. The maximum absolute atomic E-state index is 5.72. The molecule has 0 saturated carbocycles. The minimum Gasteiger partial charge on any atom is -0.477 e. The van der Waals surface area contributed by atoms with E-state index in [-0.39, 0.29) is 6.04 Å². The summed E-state index contributed by atoms with van der Waals surface area (Å²) in [6.07, 6.45) is 2.36. The van der Waals surface area contributed by atoms with E-state index in [9.17, 15) is 0 Å². The first-order valence-corrected chi connectivity index (χ1v) is 6.81. The second-order valence-electron chi connectivity index (χ2n) is 4.50. The molecule has 2 aliphatic heterocycles. The Morgan fingerprint density at radius 2 is 2.35 bits per heavy atom. The van der Waals surface area contributed by atoms with E-state index in [1.807, 2.05) is 12.1 Å². The van der Waals surface area contributed by atoms with Crippen LogP contribution in [0.5, 0.6) is 0 Å². The van der Waals surface area contributed by atoms with Gasteiger partial charge in [0.1, 0.15) is 12.6 Å². The Labute approximate surface area is 109 Å². The van der Waals surface area contributed by atoms with Crippen LogP contribution in [0.15, 0.2) is 33.7 Å². The van der Waals surface area contributed by atoms with Crippen molar-refractivity contribution in [3.63, 3.8) is 0 Å². The third-order valence-corrected chi connectivity index (χ3v) is 3.76. The van der Waals surface area contributed by atoms with Gasteiger partial charge in [-0.3, -0.25) is 0 Å². The molecule has 0 spiro atoms. The minimum atomic E-state index is 0.157. The molecule has 0 amide bonds. The van der Waals surface area contributed by atoms with Crippen molar-refractivity contribution in [3.05, 3.63) is 34.3 Å². The summed E-state index contributed by atoms with van der Waals surface area (Å²) < 4.78 is 6.81. The molecule has 1 aromatic carbocycles. The summed E-state index contributed by atoms with van der Waals surface area (Å²) in [5, 5.41) is 3.42. The highest BCUT2D eigenvalue weighted by molar-refractivity contribution is 9.10. The predicted octanol–water partition coefficient (Wildman–Crippen LogP) is 2.67. The van der Waals surface area contributed by atoms with Gasteiger partial charge >= 0.3 is 0 Å². The van der Waals surface area contributed by atoms with Gasteiger partial charge < -0.3 is 10.1 Å². The average molecular weight is 295 g/mol. The topological polar surface area (TPSA) is 33.6 Å². The number of hydrogen-bond donors (Lipinski definition) is 1. The molecule has 90 valence electrons. The Hall–Kier alpha value is -0.870. The number of ether oxygens (including phenoxy) is 1. The second kappa shape index (κ2) is 4.78. The fraction of sp³-hybridized carbons (Fsp3) is 0.462. The molecule has 1 saturated heterocycles. The largest absolute Gasteiger partial charge is 0.477 e. The third-order valence-electron chi connectivity index (χ3n) is 3.26. The molecule has 3 rings (SSSR count). The third kappa shape index (κ3) is 2.38. The van der Waals surface area contributed by atoms with Gasteiger partial charge in [0.05, 0.1) is 6.04 Å². The van der Waals surface area contributed by atoms with Gasteiger partial charge in [0, 0.05) is 4.47 Å². The van der Waals surface area contributed by atoms with E-state index in [0.29, 0.717) is 12.6 Å². The van der Waals surface area contributed by atoms with Gasteiger partial charge in [-0.05, 0) is 37.1 Å². The summed E-state index contributed by atoms with van der Waals surface area (Å²) in [5.41, 5.74) is 1.22. The van der Waals surface area contributed by atoms with E-state index in [2.05, 4.69) is 33.4 Å². The Morgan fingerprint density at radius 1 is 1.41 bits per heavy atom. The van der Waals surface area contributed by atoms with Crippen molar-refractivity contribution < 1.29 is 4.74 Å². The number of benzene rings is 1. The van der Waals surface area contributed by atoms with Crippen LogP contribution in [0.1, 0.15) is 24.4 Å². The summed E-state index contributed by atoms with van der Waals surface area (Å²) in [6, 6.07) is 8.79. The van der Waals surface area contributed by atoms with Crippen LogP contribution in [-0.4, -0.2) is 25.1 Å². The highest BCUT2D eigenvalue weighted by Gasteiger charge is 2.28. The summed E-state index contributed by atoms with van der Waals surface area (Å²) in [7, 11) is 0. The van der Waals surface area contributed by atoms with E-state index in [4.69, 9.17) is 9.73 Å². The lowest BCUT2D eigenvalue weighted by Crippen LogP contribution is -2.30. The van der Waals surface area contributed by atoms with Crippen LogP contribution in [0.2, 0.25) is 0 Å². The van der Waals surface area contributed by atoms with Crippen molar-refractivity contribution in [1.29, 1.82) is 0 Å². The molecule has 17 heavy (non-hydrogen) atoms. The molecule has 2 atom stereocenters. The van der Waals surface area contributed by atoms with Crippen molar-refractivity contribution in [2.45, 2.75) is 24.9 Å². The molecule has 2 aliphatic rings. The normalized spacial score (nSPS) is 27.9. The monoisotopic (exact) mass is 294 g/mol. The predicted molar refractivity (Wildman–Crippen MR) is 71.3 cm³/mol. The van der Waals surface area contributed by atoms with E-state index in [1.54, 1.807) is 0 Å². The highest BCUT2D eigenvalue weighted by Crippen LogP contribution is 2.27. The number of rotatable bonds is 2. The molecule has 0 radical (unpaired) electrons. The zero-order valence-electron chi connectivity index (χ0n) is 9.53. The minimum absolute atomic E-state index is 0.157. The van der Waals surface area contributed by atoms with Crippen molar-refractivity contribution in [1.82, 2.24) is 5.32 Å². The van der Waals surface area contributed by atoms with Gasteiger partial charge in [-0.15, -0.1) is 0 Å². The fourth-order valence-electron chi connectivity index (χ4n) is 2.36. The van der Waals surface area contributed by atoms with Crippen LogP contribution < -0.4 is 5.32 Å². The Balaban J connectivity index is 1.78. The Kier molecular flexibility index (Phi) is 3.16. The van der Waals surface area contributed by atoms with Crippen LogP contribution in [0.4, 0.5) is 0 Å². The van der Waals surface area contributed by atoms with Crippen LogP contribution in [0, 0.1) is 0 Å². The average Bonchev–Trinajstić information content (AvgIpc) is 3.00. The summed E-state index contributed by atoms with van der Waals surface area (Å²) in [6.45, 7) is 1.75. The molecule has 2 heterocycles. The lowest BCUT2D eigenvalue weighted by molar-refractivity contribution is 0.304. The fourth-order valence-corrected chi connectivity index (χ4v) is 2.78. The van der Waals surface area contributed by atoms with Crippen molar-refractivity contribution in [2.75, 3.05) is 13.2 Å². The summed E-state index contributed by atoms with van der Waals surface area (Å²) in [5.74, 6) is 0.896. The number of hydrogen-bond acceptors (Lipinski definition) is 3. The lowest BCUT2D eigenvalue weighted by Gasteiger charge is -2.08. The van der Waals surface area contributed by atoms with Crippen molar-refractivity contribution >= 4 is 21.8 Å². The van der Waals surface area contributed by atoms with Gasteiger partial charge in [-0.1, -0.05) is 28.1 Å². The molecule has 1 fully saturated rings. The molecule has 1 N–H and O–H groups in total. The SMILES string of the molecule is Brc1cccc(C2COC(C3CCCN3)=N2)c1. The van der Waals surface area contributed by atoms with Crippen LogP contribution in [-0.2, 0) is 4.74 Å². The maximum atomic E-state index is 5.72. The molecule has 1 aromatic rings. The first-order valence-electron chi connectivity index (χ1n) is 6.02. The smallest absolute Gasteiger partial charge is 0.201 e. The van der Waals surface area contributed by atoms with Gasteiger partial charge in [0.2, 0.25) is 5.90 Å². The number of nitrogens with zero attached hydrogens (tertiary/aromatic N) is 1. The first kappa shape index (κ1) is 11.2. The standard InChI is InChI=1S/C13H15BrN2O/c14-10-4-1-3-9(7-10)12-8-17-13(16-12)11-5-2-6-15-11/h1,3-4,7,11-12,15H,2,5-6,8H2. The molecule has 0 bridgehead atoms. The van der Waals surface area contributed by atoms with Crippen LogP contribution in [0.25, 0.3) is 0 Å². The van der Waals surface area contributed by atoms with E-state index in [1.165, 1.54) is 12.0 Å². The Bertz CT molecular complexity index is 441. The molecule has 0 aliphatic carbocycles. The van der Waals surface area contributed by atoms with Crippen LogP contribution in [0.3, 0.4) is 0 Å². The molecule has 4 heteroatoms. The van der Waals surface area contributed by atoms with Gasteiger partial charge in [0.25, 0.3) is 0 Å². The van der Waals surface area contributed by atoms with Gasteiger partial charge in [-0.25, -0.2) is 4.99 Å². The van der Waals surface area contributed by atoms with Crippen molar-refractivity contribution in [3.8, 4) is 0 Å². The van der Waals surface area contributed by atoms with Crippen molar-refractivity contribution in [2.24, 2.45) is 4.99 Å². The maximum Gasteiger partial charge on any atom is 0.201 e. The van der Waals surface area contributed by atoms with Gasteiger partial charge in [-0.2, -0.15) is 0 Å². The lowest BCUT2D eigenvalue weighted by atomic mass is 10.1. The summed E-state index contributed by atoms with van der Waals surface area (Å²) in [4.78, 5) is 4.69. The van der Waals surface area contributed by atoms with Gasteiger partial charge in [0.15, 0.2) is 0 Å². The quantitative estimate of drug-likeness (QED) is 0.910. The highest BCUT2D eigenvalue weighted by atomic mass is 79.9. The second-order valence-corrected chi connectivity index (χ2v) is 5.41. The van der Waals surface area contributed by atoms with E-state index in [0.717, 1.165) is 23.3 Å². The number of halogens is 1. The molecular formula is C13H15BrN2O. The molecule has 2 unspecified atom stereocenters. The summed E-state index contributed by atoms with van der Waals surface area (Å²) >= 11 is 3.49.